The molecule has 0 bridgehead atoms. The molecule has 0 radical (unpaired) electrons. The lowest BCUT2D eigenvalue weighted by Crippen LogP contribution is -2.45. The van der Waals surface area contributed by atoms with Gasteiger partial charge in [0.25, 0.3) is 0 Å². The van der Waals surface area contributed by atoms with Gasteiger partial charge in [-0.2, -0.15) is 5.26 Å². The van der Waals surface area contributed by atoms with Gasteiger partial charge in [0, 0.05) is 19.0 Å². The molecule has 1 saturated heterocycles. The summed E-state index contributed by atoms with van der Waals surface area (Å²) < 4.78 is 4.96. The minimum absolute atomic E-state index is 0.000155. The molecule has 132 valence electrons. The number of nitrogens with two attached hydrogens (primary N) is 1. The number of nitriles is 1. The van der Waals surface area contributed by atoms with E-state index in [1.54, 1.807) is 6.07 Å². The highest BCUT2D eigenvalue weighted by Crippen LogP contribution is 2.30. The van der Waals surface area contributed by atoms with Crippen molar-refractivity contribution in [1.29, 1.82) is 10.7 Å². The maximum atomic E-state index is 11.3. The number of carbonyl (C=O) groups is 1. The molecule has 0 saturated carbocycles. The number of aromatic nitrogens is 1. The van der Waals surface area contributed by atoms with E-state index in [0.717, 1.165) is 18.9 Å². The molecule has 2 aromatic rings. The first-order valence-corrected chi connectivity index (χ1v) is 8.04. The Kier molecular flexibility index (Phi) is 4.99. The largest absolute Gasteiger partial charge is 0.443 e. The van der Waals surface area contributed by atoms with Crippen molar-refractivity contribution in [2.24, 2.45) is 5.73 Å². The first-order valence-electron chi connectivity index (χ1n) is 8.04. The van der Waals surface area contributed by atoms with Gasteiger partial charge in [0.1, 0.15) is 12.4 Å². The Morgan fingerprint density at radius 3 is 2.73 bits per heavy atom. The number of hydrogen-bond donors (Lipinski definition) is 3. The molecule has 1 aromatic heterocycles. The molecule has 0 aliphatic carbocycles. The molecule has 3 rings (SSSR count). The quantitative estimate of drug-likeness (QED) is 0.568. The van der Waals surface area contributed by atoms with Crippen LogP contribution in [0.3, 0.4) is 0 Å². The van der Waals surface area contributed by atoms with E-state index in [-0.39, 0.29) is 6.61 Å². The summed E-state index contributed by atoms with van der Waals surface area (Å²) in [5.74, 6) is 0.764. The normalized spacial score (nSPS) is 13.4. The number of alkyl carbamates (subject to hydrolysis) is 1. The summed E-state index contributed by atoms with van der Waals surface area (Å²) >= 11 is 0. The van der Waals surface area contributed by atoms with Gasteiger partial charge >= 0.3 is 6.09 Å². The van der Waals surface area contributed by atoms with Gasteiger partial charge in [-0.3, -0.25) is 10.7 Å². The van der Waals surface area contributed by atoms with Crippen LogP contribution in [0.15, 0.2) is 42.5 Å². The number of nitrogens with one attached hydrogen (secondary N) is 2. The van der Waals surface area contributed by atoms with Gasteiger partial charge in [0.15, 0.2) is 5.96 Å². The number of anilines is 1. The highest BCUT2D eigenvalue weighted by molar-refractivity contribution is 5.90. The van der Waals surface area contributed by atoms with Crippen LogP contribution in [0.5, 0.6) is 0 Å². The highest BCUT2D eigenvalue weighted by Gasteiger charge is 2.29. The lowest BCUT2D eigenvalue weighted by atomic mass is 9.91. The SMILES string of the molecule is N#Cc1ccc(C2CN(c3cccc(COC(=O)NC(=N)N)n3)C2)cc1. The fourth-order valence-electron chi connectivity index (χ4n) is 2.72. The van der Waals surface area contributed by atoms with E-state index in [4.69, 9.17) is 21.1 Å². The Balaban J connectivity index is 1.55. The van der Waals surface area contributed by atoms with Crippen molar-refractivity contribution in [2.75, 3.05) is 18.0 Å². The van der Waals surface area contributed by atoms with Crippen molar-refractivity contribution in [3.05, 3.63) is 59.3 Å². The van der Waals surface area contributed by atoms with Gasteiger partial charge in [0.2, 0.25) is 0 Å². The number of benzene rings is 1. The van der Waals surface area contributed by atoms with Gasteiger partial charge in [-0.25, -0.2) is 9.78 Å². The molecule has 2 heterocycles. The second-order valence-electron chi connectivity index (χ2n) is 5.94. The first-order chi connectivity index (χ1) is 12.5. The van der Waals surface area contributed by atoms with Crippen molar-refractivity contribution in [2.45, 2.75) is 12.5 Å². The zero-order chi connectivity index (χ0) is 18.5. The van der Waals surface area contributed by atoms with E-state index in [1.807, 2.05) is 41.7 Å². The Labute approximate surface area is 150 Å². The van der Waals surface area contributed by atoms with Crippen molar-refractivity contribution in [1.82, 2.24) is 10.3 Å². The number of nitrogens with zero attached hydrogens (tertiary/aromatic N) is 3. The number of rotatable bonds is 4. The molecule has 8 nitrogen and oxygen atoms in total. The second kappa shape index (κ2) is 7.53. The Morgan fingerprint density at radius 1 is 1.35 bits per heavy atom. The van der Waals surface area contributed by atoms with Gasteiger partial charge in [0.05, 0.1) is 17.3 Å². The minimum Gasteiger partial charge on any atom is -0.443 e. The third-order valence-corrected chi connectivity index (χ3v) is 4.10. The summed E-state index contributed by atoms with van der Waals surface area (Å²) in [4.78, 5) is 18.0. The molecular formula is C18H18N6O2. The number of guanidine groups is 1. The van der Waals surface area contributed by atoms with Crippen molar-refractivity contribution < 1.29 is 9.53 Å². The third-order valence-electron chi connectivity index (χ3n) is 4.10. The predicted octanol–water partition coefficient (Wildman–Crippen LogP) is 1.68. The van der Waals surface area contributed by atoms with Gasteiger partial charge in [-0.1, -0.05) is 18.2 Å². The van der Waals surface area contributed by atoms with Crippen LogP contribution in [0, 0.1) is 16.7 Å². The van der Waals surface area contributed by atoms with Crippen molar-refractivity contribution >= 4 is 17.9 Å². The Hall–Kier alpha value is -3.60. The van der Waals surface area contributed by atoms with Crippen LogP contribution in [0.4, 0.5) is 10.6 Å². The number of carbonyl (C=O) groups excluding carboxylic acids is 1. The Bertz CT molecular complexity index is 853. The summed E-state index contributed by atoms with van der Waals surface area (Å²) in [6.07, 6.45) is -0.783. The first kappa shape index (κ1) is 17.2. The average Bonchev–Trinajstić information content (AvgIpc) is 2.59. The standard InChI is InChI=1S/C18H18N6O2/c19-8-12-4-6-13(7-5-12)14-9-24(10-14)16-3-1-2-15(22-16)11-26-18(25)23-17(20)21/h1-7,14H,9-11H2,(H4,20,21,23,25). The molecule has 26 heavy (non-hydrogen) atoms. The monoisotopic (exact) mass is 350 g/mol. The van der Waals surface area contributed by atoms with E-state index in [0.29, 0.717) is 17.2 Å². The molecule has 1 amide bonds. The summed E-state index contributed by atoms with van der Waals surface area (Å²) in [6.45, 7) is 1.68. The van der Waals surface area contributed by atoms with Crippen molar-refractivity contribution in [3.8, 4) is 6.07 Å². The molecule has 1 aliphatic heterocycles. The molecule has 0 atom stereocenters. The second-order valence-corrected chi connectivity index (χ2v) is 5.94. The lowest BCUT2D eigenvalue weighted by Gasteiger charge is -2.40. The van der Waals surface area contributed by atoms with Crippen LogP contribution < -0.4 is 16.0 Å². The summed E-state index contributed by atoms with van der Waals surface area (Å²) in [5.41, 5.74) is 7.55. The van der Waals surface area contributed by atoms with Crippen LogP contribution in [-0.2, 0) is 11.3 Å². The van der Waals surface area contributed by atoms with Crippen molar-refractivity contribution in [3.63, 3.8) is 0 Å². The number of pyridine rings is 1. The van der Waals surface area contributed by atoms with E-state index in [1.165, 1.54) is 5.56 Å². The molecule has 0 unspecified atom stereocenters. The molecular weight excluding hydrogens is 332 g/mol. The zero-order valence-electron chi connectivity index (χ0n) is 14.0. The summed E-state index contributed by atoms with van der Waals surface area (Å²) in [6, 6.07) is 15.3. The maximum absolute atomic E-state index is 11.3. The van der Waals surface area contributed by atoms with E-state index < -0.39 is 12.1 Å². The van der Waals surface area contributed by atoms with E-state index >= 15 is 0 Å². The van der Waals surface area contributed by atoms with Crippen LogP contribution >= 0.6 is 0 Å². The Morgan fingerprint density at radius 2 is 2.08 bits per heavy atom. The van der Waals surface area contributed by atoms with Gasteiger partial charge in [-0.05, 0) is 29.8 Å². The predicted molar refractivity (Wildman–Crippen MR) is 95.6 cm³/mol. The van der Waals surface area contributed by atoms with Crippen LogP contribution in [0.25, 0.3) is 0 Å². The number of ether oxygens (including phenoxy) is 1. The smallest absolute Gasteiger partial charge is 0.414 e. The fourth-order valence-corrected chi connectivity index (χ4v) is 2.72. The van der Waals surface area contributed by atoms with Gasteiger partial charge < -0.3 is 15.4 Å². The molecule has 8 heteroatoms. The third kappa shape index (κ3) is 4.08. The molecule has 0 spiro atoms. The zero-order valence-corrected chi connectivity index (χ0v) is 14.0. The van der Waals surface area contributed by atoms with E-state index in [9.17, 15) is 4.79 Å². The van der Waals surface area contributed by atoms with Gasteiger partial charge in [-0.15, -0.1) is 0 Å². The maximum Gasteiger partial charge on any atom is 0.414 e. The van der Waals surface area contributed by atoms with E-state index in [2.05, 4.69) is 16.0 Å². The lowest BCUT2D eigenvalue weighted by molar-refractivity contribution is 0.143. The summed E-state index contributed by atoms with van der Waals surface area (Å²) in [7, 11) is 0. The number of hydrogen-bond acceptors (Lipinski definition) is 6. The molecule has 1 fully saturated rings. The molecule has 1 aliphatic rings. The minimum atomic E-state index is -0.783. The number of amides is 1. The van der Waals surface area contributed by atoms with Crippen LogP contribution in [0.1, 0.15) is 22.7 Å². The van der Waals surface area contributed by atoms with Crippen LogP contribution in [0.2, 0.25) is 0 Å². The topological polar surface area (TPSA) is 128 Å². The molecule has 1 aromatic carbocycles. The molecule has 4 N–H and O–H groups in total. The van der Waals surface area contributed by atoms with Crippen LogP contribution in [-0.4, -0.2) is 30.1 Å². The fraction of sp³-hybridized carbons (Fsp3) is 0.222. The highest BCUT2D eigenvalue weighted by atomic mass is 16.5. The average molecular weight is 350 g/mol. The summed E-state index contributed by atoms with van der Waals surface area (Å²) in [5, 5.41) is 17.9.